The van der Waals surface area contributed by atoms with Gasteiger partial charge in [-0.1, -0.05) is 23.2 Å². The average molecular weight is 255 g/mol. The fourth-order valence-corrected chi connectivity index (χ4v) is 2.19. The molecule has 0 fully saturated rings. The number of benzene rings is 1. The predicted molar refractivity (Wildman–Crippen MR) is 69.7 cm³/mol. The zero-order valence-electron chi connectivity index (χ0n) is 9.09. The average Bonchev–Trinajstić information content (AvgIpc) is 2.47. The van der Waals surface area contributed by atoms with Gasteiger partial charge in [-0.15, -0.1) is 0 Å². The summed E-state index contributed by atoms with van der Waals surface area (Å²) in [6, 6.07) is 7.50. The highest BCUT2D eigenvalue weighted by Crippen LogP contribution is 2.27. The third-order valence-corrected chi connectivity index (χ3v) is 3.32. The van der Waals surface area contributed by atoms with Crippen molar-refractivity contribution in [2.75, 3.05) is 5.73 Å². The Balaban J connectivity index is 2.63. The maximum Gasteiger partial charge on any atom is 0.0656 e. The van der Waals surface area contributed by atoms with E-state index >= 15 is 0 Å². The van der Waals surface area contributed by atoms with E-state index in [1.807, 2.05) is 36.6 Å². The van der Waals surface area contributed by atoms with E-state index < -0.39 is 0 Å². The van der Waals surface area contributed by atoms with Crippen LogP contribution in [0.2, 0.25) is 10.0 Å². The van der Waals surface area contributed by atoms with Crippen LogP contribution in [0.4, 0.5) is 5.69 Å². The van der Waals surface area contributed by atoms with E-state index in [0.717, 1.165) is 22.1 Å². The zero-order valence-corrected chi connectivity index (χ0v) is 10.6. The molecule has 0 radical (unpaired) electrons. The summed E-state index contributed by atoms with van der Waals surface area (Å²) in [5.41, 5.74) is 9.31. The number of hydrogen-bond donors (Lipinski definition) is 1. The topological polar surface area (TPSA) is 30.9 Å². The summed E-state index contributed by atoms with van der Waals surface area (Å²) >= 11 is 12.1. The summed E-state index contributed by atoms with van der Waals surface area (Å²) in [5.74, 6) is 0. The zero-order chi connectivity index (χ0) is 11.9. The van der Waals surface area contributed by atoms with Crippen LogP contribution in [0.1, 0.15) is 11.4 Å². The summed E-state index contributed by atoms with van der Waals surface area (Å²) in [4.78, 5) is 0. The van der Waals surface area contributed by atoms with Crippen LogP contribution < -0.4 is 5.73 Å². The van der Waals surface area contributed by atoms with Gasteiger partial charge in [-0.2, -0.15) is 0 Å². The minimum Gasteiger partial charge on any atom is -0.398 e. The summed E-state index contributed by atoms with van der Waals surface area (Å²) in [6.07, 6.45) is 0. The van der Waals surface area contributed by atoms with Crippen molar-refractivity contribution >= 4 is 28.9 Å². The van der Waals surface area contributed by atoms with Gasteiger partial charge in [0.1, 0.15) is 0 Å². The van der Waals surface area contributed by atoms with Gasteiger partial charge in [0, 0.05) is 17.1 Å². The minimum atomic E-state index is 0.557. The van der Waals surface area contributed by atoms with Crippen molar-refractivity contribution < 1.29 is 0 Å². The molecule has 0 spiro atoms. The number of nitrogens with two attached hydrogens (primary N) is 1. The second kappa shape index (κ2) is 4.04. The summed E-state index contributed by atoms with van der Waals surface area (Å²) in [5, 5.41) is 1.31. The van der Waals surface area contributed by atoms with E-state index in [9.17, 15) is 0 Å². The highest BCUT2D eigenvalue weighted by molar-refractivity contribution is 6.33. The smallest absolute Gasteiger partial charge is 0.0656 e. The molecule has 0 aliphatic rings. The molecule has 0 saturated heterocycles. The lowest BCUT2D eigenvalue weighted by Crippen LogP contribution is -1.99. The Morgan fingerprint density at radius 2 is 1.75 bits per heavy atom. The summed E-state index contributed by atoms with van der Waals surface area (Å²) < 4.78 is 2.05. The van der Waals surface area contributed by atoms with Crippen LogP contribution in [0, 0.1) is 13.8 Å². The molecule has 0 unspecified atom stereocenters. The SMILES string of the molecule is Cc1cc(Cl)c(C)n1-c1ccc(N)c(Cl)c1. The number of anilines is 1. The van der Waals surface area contributed by atoms with Crippen LogP contribution in [0.3, 0.4) is 0 Å². The molecule has 1 aromatic heterocycles. The quantitative estimate of drug-likeness (QED) is 0.767. The highest BCUT2D eigenvalue weighted by Gasteiger charge is 2.09. The van der Waals surface area contributed by atoms with E-state index in [1.54, 1.807) is 6.07 Å². The lowest BCUT2D eigenvalue weighted by Gasteiger charge is -2.10. The molecule has 16 heavy (non-hydrogen) atoms. The number of halogens is 2. The number of nitrogen functional groups attached to an aromatic ring is 1. The van der Waals surface area contributed by atoms with Gasteiger partial charge in [-0.3, -0.25) is 0 Å². The predicted octanol–water partition coefficient (Wildman–Crippen LogP) is 3.98. The number of aromatic nitrogens is 1. The van der Waals surface area contributed by atoms with Gasteiger partial charge in [0.15, 0.2) is 0 Å². The fraction of sp³-hybridized carbons (Fsp3) is 0.167. The van der Waals surface area contributed by atoms with Crippen LogP contribution in [0.15, 0.2) is 24.3 Å². The van der Waals surface area contributed by atoms with Crippen LogP contribution in [0.25, 0.3) is 5.69 Å². The second-order valence-electron chi connectivity index (χ2n) is 3.76. The van der Waals surface area contributed by atoms with Crippen molar-refractivity contribution in [2.24, 2.45) is 0 Å². The van der Waals surface area contributed by atoms with Crippen LogP contribution in [0.5, 0.6) is 0 Å². The molecule has 0 aliphatic heterocycles. The Kier molecular flexibility index (Phi) is 2.87. The van der Waals surface area contributed by atoms with Gasteiger partial charge in [-0.05, 0) is 38.1 Å². The van der Waals surface area contributed by atoms with Crippen molar-refractivity contribution in [2.45, 2.75) is 13.8 Å². The molecule has 0 aliphatic carbocycles. The number of aryl methyl sites for hydroxylation is 1. The Morgan fingerprint density at radius 3 is 2.25 bits per heavy atom. The first-order chi connectivity index (χ1) is 7.50. The number of rotatable bonds is 1. The van der Waals surface area contributed by atoms with E-state index in [-0.39, 0.29) is 0 Å². The van der Waals surface area contributed by atoms with Crippen molar-refractivity contribution in [3.05, 3.63) is 45.7 Å². The first-order valence-electron chi connectivity index (χ1n) is 4.90. The van der Waals surface area contributed by atoms with Gasteiger partial charge in [-0.25, -0.2) is 0 Å². The molecule has 0 amide bonds. The van der Waals surface area contributed by atoms with Crippen molar-refractivity contribution in [1.29, 1.82) is 0 Å². The van der Waals surface area contributed by atoms with Crippen LogP contribution in [-0.2, 0) is 0 Å². The molecule has 1 heterocycles. The van der Waals surface area contributed by atoms with E-state index in [2.05, 4.69) is 0 Å². The van der Waals surface area contributed by atoms with E-state index in [4.69, 9.17) is 28.9 Å². The van der Waals surface area contributed by atoms with Gasteiger partial charge in [0.2, 0.25) is 0 Å². The number of nitrogens with zero attached hydrogens (tertiary/aromatic N) is 1. The van der Waals surface area contributed by atoms with Crippen LogP contribution in [-0.4, -0.2) is 4.57 Å². The molecule has 2 nitrogen and oxygen atoms in total. The Hall–Kier alpha value is -1.12. The molecule has 1 aromatic carbocycles. The lowest BCUT2D eigenvalue weighted by molar-refractivity contribution is 0.966. The number of hydrogen-bond acceptors (Lipinski definition) is 1. The maximum absolute atomic E-state index is 6.08. The third-order valence-electron chi connectivity index (χ3n) is 2.61. The molecule has 4 heteroatoms. The molecule has 84 valence electrons. The highest BCUT2D eigenvalue weighted by atomic mass is 35.5. The Bertz CT molecular complexity index is 544. The fourth-order valence-electron chi connectivity index (χ4n) is 1.78. The Labute approximate surface area is 105 Å². The standard InChI is InChI=1S/C12H12Cl2N2/c1-7-5-10(13)8(2)16(7)9-3-4-12(15)11(14)6-9/h3-6H,15H2,1-2H3. The van der Waals surface area contributed by atoms with Gasteiger partial charge in [0.25, 0.3) is 0 Å². The van der Waals surface area contributed by atoms with Crippen molar-refractivity contribution in [3.8, 4) is 5.69 Å². The molecular weight excluding hydrogens is 243 g/mol. The molecule has 2 aromatic rings. The molecule has 0 saturated carbocycles. The largest absolute Gasteiger partial charge is 0.398 e. The van der Waals surface area contributed by atoms with Gasteiger partial charge < -0.3 is 10.3 Å². The van der Waals surface area contributed by atoms with E-state index in [1.165, 1.54) is 0 Å². The molecule has 0 atom stereocenters. The van der Waals surface area contributed by atoms with Gasteiger partial charge in [0.05, 0.1) is 15.7 Å². The maximum atomic E-state index is 6.08. The first-order valence-corrected chi connectivity index (χ1v) is 5.66. The molecule has 0 bridgehead atoms. The van der Waals surface area contributed by atoms with Crippen LogP contribution >= 0.6 is 23.2 Å². The molecule has 2 N–H and O–H groups in total. The normalized spacial score (nSPS) is 10.8. The lowest BCUT2D eigenvalue weighted by atomic mass is 10.2. The van der Waals surface area contributed by atoms with Crippen molar-refractivity contribution in [3.63, 3.8) is 0 Å². The molecule has 2 rings (SSSR count). The summed E-state index contributed by atoms with van der Waals surface area (Å²) in [6.45, 7) is 3.97. The Morgan fingerprint density at radius 1 is 1.06 bits per heavy atom. The third kappa shape index (κ3) is 1.79. The minimum absolute atomic E-state index is 0.557. The molecular formula is C12H12Cl2N2. The summed E-state index contributed by atoms with van der Waals surface area (Å²) in [7, 11) is 0. The van der Waals surface area contributed by atoms with Gasteiger partial charge >= 0.3 is 0 Å². The second-order valence-corrected chi connectivity index (χ2v) is 4.57. The monoisotopic (exact) mass is 254 g/mol. The van der Waals surface area contributed by atoms with Crippen molar-refractivity contribution in [1.82, 2.24) is 4.57 Å². The first kappa shape index (κ1) is 11.4. The van der Waals surface area contributed by atoms with E-state index in [0.29, 0.717) is 10.7 Å².